The molecule has 0 aliphatic carbocycles. The van der Waals surface area contributed by atoms with E-state index >= 15 is 0 Å². The number of rotatable bonds is 4. The molecule has 0 amide bonds. The number of hydrogen-bond donors (Lipinski definition) is 2. The minimum atomic E-state index is 0.819. The lowest BCUT2D eigenvalue weighted by molar-refractivity contribution is 0.791. The lowest BCUT2D eigenvalue weighted by Gasteiger charge is -2.04. The standard InChI is InChI=1S/C9H15N3/c1-3-11-9-6-4-5-8(12-9)7-10-2/h4-6,10H,3,7H2,1-2H3,(H,11,12). The fourth-order valence-corrected chi connectivity index (χ4v) is 1.04. The van der Waals surface area contributed by atoms with Crippen LogP contribution in [0.3, 0.4) is 0 Å². The summed E-state index contributed by atoms with van der Waals surface area (Å²) in [4.78, 5) is 4.38. The molecule has 0 aliphatic heterocycles. The Morgan fingerprint density at radius 1 is 1.42 bits per heavy atom. The maximum Gasteiger partial charge on any atom is 0.126 e. The first-order valence-corrected chi connectivity index (χ1v) is 4.21. The average molecular weight is 165 g/mol. The topological polar surface area (TPSA) is 37.0 Å². The van der Waals surface area contributed by atoms with Crippen molar-refractivity contribution in [3.8, 4) is 0 Å². The molecular weight excluding hydrogens is 150 g/mol. The van der Waals surface area contributed by atoms with Crippen molar-refractivity contribution in [2.75, 3.05) is 18.9 Å². The molecule has 3 heteroatoms. The Balaban J connectivity index is 2.67. The molecule has 0 aromatic carbocycles. The third kappa shape index (κ3) is 2.51. The largest absolute Gasteiger partial charge is 0.370 e. The zero-order chi connectivity index (χ0) is 8.81. The number of anilines is 1. The Morgan fingerprint density at radius 2 is 2.25 bits per heavy atom. The van der Waals surface area contributed by atoms with E-state index in [1.807, 2.05) is 25.2 Å². The van der Waals surface area contributed by atoms with Gasteiger partial charge in [0.25, 0.3) is 0 Å². The van der Waals surface area contributed by atoms with Crippen LogP contribution >= 0.6 is 0 Å². The van der Waals surface area contributed by atoms with Crippen LogP contribution < -0.4 is 10.6 Å². The number of aromatic nitrogens is 1. The predicted octanol–water partition coefficient (Wildman–Crippen LogP) is 1.23. The number of hydrogen-bond acceptors (Lipinski definition) is 3. The zero-order valence-electron chi connectivity index (χ0n) is 7.59. The quantitative estimate of drug-likeness (QED) is 0.704. The molecule has 1 aromatic heterocycles. The number of nitrogens with one attached hydrogen (secondary N) is 2. The Bertz CT molecular complexity index is 214. The van der Waals surface area contributed by atoms with E-state index < -0.39 is 0 Å². The molecule has 0 saturated heterocycles. The first kappa shape index (κ1) is 9.00. The molecule has 1 heterocycles. The molecule has 0 fully saturated rings. The van der Waals surface area contributed by atoms with Crippen molar-refractivity contribution in [1.82, 2.24) is 10.3 Å². The molecule has 12 heavy (non-hydrogen) atoms. The maximum absolute atomic E-state index is 4.38. The van der Waals surface area contributed by atoms with Crippen LogP contribution in [-0.2, 0) is 6.54 Å². The SMILES string of the molecule is CCNc1cccc(CNC)n1. The molecule has 0 spiro atoms. The highest BCUT2D eigenvalue weighted by atomic mass is 15.0. The third-order valence-electron chi connectivity index (χ3n) is 1.52. The zero-order valence-corrected chi connectivity index (χ0v) is 7.59. The molecule has 0 unspecified atom stereocenters. The van der Waals surface area contributed by atoms with Gasteiger partial charge in [0.05, 0.1) is 5.69 Å². The molecule has 1 aromatic rings. The summed E-state index contributed by atoms with van der Waals surface area (Å²) in [6.07, 6.45) is 0. The van der Waals surface area contributed by atoms with Gasteiger partial charge in [-0.1, -0.05) is 6.07 Å². The van der Waals surface area contributed by atoms with Crippen LogP contribution in [0.1, 0.15) is 12.6 Å². The summed E-state index contributed by atoms with van der Waals surface area (Å²) in [5.41, 5.74) is 1.07. The van der Waals surface area contributed by atoms with Gasteiger partial charge < -0.3 is 10.6 Å². The molecule has 3 nitrogen and oxygen atoms in total. The van der Waals surface area contributed by atoms with Gasteiger partial charge in [0.15, 0.2) is 0 Å². The fraction of sp³-hybridized carbons (Fsp3) is 0.444. The van der Waals surface area contributed by atoms with Crippen molar-refractivity contribution in [2.24, 2.45) is 0 Å². The van der Waals surface area contributed by atoms with E-state index in [1.54, 1.807) is 0 Å². The highest BCUT2D eigenvalue weighted by Crippen LogP contribution is 2.03. The maximum atomic E-state index is 4.38. The molecule has 0 bridgehead atoms. The molecule has 0 aliphatic rings. The van der Waals surface area contributed by atoms with Crippen LogP contribution in [0, 0.1) is 0 Å². The lowest BCUT2D eigenvalue weighted by Crippen LogP contribution is -2.08. The molecule has 0 saturated carbocycles. The number of pyridine rings is 1. The summed E-state index contributed by atoms with van der Waals surface area (Å²) in [6.45, 7) is 3.79. The minimum absolute atomic E-state index is 0.819. The van der Waals surface area contributed by atoms with Gasteiger partial charge in [-0.15, -0.1) is 0 Å². The van der Waals surface area contributed by atoms with Crippen LogP contribution in [0.5, 0.6) is 0 Å². The Hall–Kier alpha value is -1.09. The van der Waals surface area contributed by atoms with Crippen LogP contribution in [0.15, 0.2) is 18.2 Å². The second-order valence-corrected chi connectivity index (χ2v) is 2.57. The van der Waals surface area contributed by atoms with Crippen molar-refractivity contribution >= 4 is 5.82 Å². The summed E-state index contributed by atoms with van der Waals surface area (Å²) in [6, 6.07) is 6.00. The van der Waals surface area contributed by atoms with Gasteiger partial charge in [-0.25, -0.2) is 4.98 Å². The highest BCUT2D eigenvalue weighted by molar-refractivity contribution is 5.34. The van der Waals surface area contributed by atoms with Gasteiger partial charge in [-0.05, 0) is 26.1 Å². The fourth-order valence-electron chi connectivity index (χ4n) is 1.04. The second-order valence-electron chi connectivity index (χ2n) is 2.57. The first-order chi connectivity index (χ1) is 5.86. The highest BCUT2D eigenvalue weighted by Gasteiger charge is 1.93. The molecule has 66 valence electrons. The summed E-state index contributed by atoms with van der Waals surface area (Å²) in [5.74, 6) is 0.949. The third-order valence-corrected chi connectivity index (χ3v) is 1.52. The van der Waals surface area contributed by atoms with Crippen molar-refractivity contribution < 1.29 is 0 Å². The van der Waals surface area contributed by atoms with E-state index in [2.05, 4.69) is 22.5 Å². The minimum Gasteiger partial charge on any atom is -0.370 e. The summed E-state index contributed by atoms with van der Waals surface area (Å²) in [7, 11) is 1.92. The summed E-state index contributed by atoms with van der Waals surface area (Å²) in [5, 5.41) is 6.23. The molecular formula is C9H15N3. The van der Waals surface area contributed by atoms with Crippen LogP contribution in [0.25, 0.3) is 0 Å². The first-order valence-electron chi connectivity index (χ1n) is 4.21. The smallest absolute Gasteiger partial charge is 0.126 e. The van der Waals surface area contributed by atoms with E-state index in [-0.39, 0.29) is 0 Å². The Labute approximate surface area is 73.2 Å². The normalized spacial score (nSPS) is 9.83. The van der Waals surface area contributed by atoms with Crippen LogP contribution in [0.2, 0.25) is 0 Å². The summed E-state index contributed by atoms with van der Waals surface area (Å²) < 4.78 is 0. The van der Waals surface area contributed by atoms with Gasteiger partial charge in [0.1, 0.15) is 5.82 Å². The lowest BCUT2D eigenvalue weighted by atomic mass is 10.3. The van der Waals surface area contributed by atoms with Crippen LogP contribution in [-0.4, -0.2) is 18.6 Å². The predicted molar refractivity (Wildman–Crippen MR) is 51.2 cm³/mol. The average Bonchev–Trinajstić information content (AvgIpc) is 2.06. The Morgan fingerprint density at radius 3 is 2.92 bits per heavy atom. The second kappa shape index (κ2) is 4.72. The van der Waals surface area contributed by atoms with Crippen molar-refractivity contribution in [3.63, 3.8) is 0 Å². The van der Waals surface area contributed by atoms with Gasteiger partial charge in [0, 0.05) is 13.1 Å². The molecule has 0 radical (unpaired) electrons. The van der Waals surface area contributed by atoms with Crippen molar-refractivity contribution in [3.05, 3.63) is 23.9 Å². The molecule has 1 rings (SSSR count). The number of nitrogens with zero attached hydrogens (tertiary/aromatic N) is 1. The van der Waals surface area contributed by atoms with Gasteiger partial charge >= 0.3 is 0 Å². The van der Waals surface area contributed by atoms with Crippen molar-refractivity contribution in [2.45, 2.75) is 13.5 Å². The van der Waals surface area contributed by atoms with Gasteiger partial charge in [-0.3, -0.25) is 0 Å². The molecule has 0 atom stereocenters. The van der Waals surface area contributed by atoms with Crippen LogP contribution in [0.4, 0.5) is 5.82 Å². The van der Waals surface area contributed by atoms with Gasteiger partial charge in [0.2, 0.25) is 0 Å². The van der Waals surface area contributed by atoms with Gasteiger partial charge in [-0.2, -0.15) is 0 Å². The van der Waals surface area contributed by atoms with E-state index in [9.17, 15) is 0 Å². The monoisotopic (exact) mass is 165 g/mol. The van der Waals surface area contributed by atoms with E-state index in [0.29, 0.717) is 0 Å². The van der Waals surface area contributed by atoms with Crippen molar-refractivity contribution in [1.29, 1.82) is 0 Å². The van der Waals surface area contributed by atoms with E-state index in [1.165, 1.54) is 0 Å². The summed E-state index contributed by atoms with van der Waals surface area (Å²) >= 11 is 0. The Kier molecular flexibility index (Phi) is 3.54. The molecule has 2 N–H and O–H groups in total. The van der Waals surface area contributed by atoms with E-state index in [0.717, 1.165) is 24.6 Å². The van der Waals surface area contributed by atoms with E-state index in [4.69, 9.17) is 0 Å².